The number of ether oxygens (including phenoxy) is 1. The normalized spacial score (nSPS) is 11.2. The third-order valence-electron chi connectivity index (χ3n) is 3.79. The number of aromatic nitrogens is 4. The van der Waals surface area contributed by atoms with Crippen LogP contribution in [0.5, 0.6) is 5.75 Å². The Morgan fingerprint density at radius 3 is 2.91 bits per heavy atom. The number of hydrogen-bond donors (Lipinski definition) is 1. The van der Waals surface area contributed by atoms with Crippen molar-refractivity contribution in [1.29, 1.82) is 0 Å². The lowest BCUT2D eigenvalue weighted by Crippen LogP contribution is -2.21. The minimum atomic E-state index is -0.0753. The zero-order chi connectivity index (χ0) is 15.8. The molecule has 0 atom stereocenters. The molecule has 0 unspecified atom stereocenters. The monoisotopic (exact) mass is 306 g/mol. The summed E-state index contributed by atoms with van der Waals surface area (Å²) in [7, 11) is 1.62. The number of benzene rings is 2. The highest BCUT2D eigenvalue weighted by atomic mass is 16.5. The van der Waals surface area contributed by atoms with E-state index in [4.69, 9.17) is 4.74 Å². The fourth-order valence-electron chi connectivity index (χ4n) is 2.62. The van der Waals surface area contributed by atoms with Crippen LogP contribution in [-0.2, 0) is 6.54 Å². The number of rotatable bonds is 3. The van der Waals surface area contributed by atoms with Crippen molar-refractivity contribution in [1.82, 2.24) is 19.5 Å². The van der Waals surface area contributed by atoms with Gasteiger partial charge >= 0.3 is 0 Å². The van der Waals surface area contributed by atoms with Crippen molar-refractivity contribution in [3.05, 3.63) is 65.0 Å². The zero-order valence-corrected chi connectivity index (χ0v) is 12.5. The van der Waals surface area contributed by atoms with E-state index in [1.807, 2.05) is 36.4 Å². The van der Waals surface area contributed by atoms with E-state index in [1.165, 1.54) is 0 Å². The number of aromatic amines is 1. The smallest absolute Gasteiger partial charge is 0.261 e. The van der Waals surface area contributed by atoms with Gasteiger partial charge in [0, 0.05) is 6.07 Å². The second kappa shape index (κ2) is 5.24. The molecule has 0 saturated heterocycles. The molecule has 0 bridgehead atoms. The van der Waals surface area contributed by atoms with Crippen LogP contribution >= 0.6 is 0 Å². The molecule has 2 aromatic heterocycles. The molecule has 0 fully saturated rings. The van der Waals surface area contributed by atoms with E-state index in [9.17, 15) is 4.79 Å². The Balaban J connectivity index is 1.75. The number of nitrogens with one attached hydrogen (secondary N) is 1. The molecule has 0 aliphatic rings. The second-order valence-corrected chi connectivity index (χ2v) is 5.26. The maximum absolute atomic E-state index is 12.5. The number of hydrogen-bond acceptors (Lipinski definition) is 4. The van der Waals surface area contributed by atoms with Crippen molar-refractivity contribution in [3.8, 4) is 5.75 Å². The third-order valence-corrected chi connectivity index (χ3v) is 3.79. The van der Waals surface area contributed by atoms with Crippen LogP contribution < -0.4 is 10.3 Å². The zero-order valence-electron chi connectivity index (χ0n) is 12.5. The van der Waals surface area contributed by atoms with Crippen LogP contribution in [0.3, 0.4) is 0 Å². The third kappa shape index (κ3) is 2.34. The summed E-state index contributed by atoms with van der Waals surface area (Å²) in [6.07, 6.45) is 1.55. The van der Waals surface area contributed by atoms with Crippen molar-refractivity contribution < 1.29 is 4.74 Å². The van der Waals surface area contributed by atoms with Gasteiger partial charge in [0.1, 0.15) is 11.6 Å². The lowest BCUT2D eigenvalue weighted by molar-refractivity contribution is 0.415. The van der Waals surface area contributed by atoms with Crippen LogP contribution in [-0.4, -0.2) is 26.6 Å². The number of imidazole rings is 1. The first-order chi connectivity index (χ1) is 11.2. The van der Waals surface area contributed by atoms with Crippen molar-refractivity contribution in [3.63, 3.8) is 0 Å². The highest BCUT2D eigenvalue weighted by Gasteiger charge is 2.08. The Labute approximate surface area is 131 Å². The molecule has 0 spiro atoms. The summed E-state index contributed by atoms with van der Waals surface area (Å²) in [5, 5.41) is 0.604. The number of H-pyrrole nitrogens is 1. The Bertz CT molecular complexity index is 1070. The molecular weight excluding hydrogens is 292 g/mol. The highest BCUT2D eigenvalue weighted by Crippen LogP contribution is 2.18. The summed E-state index contributed by atoms with van der Waals surface area (Å²) in [5.74, 6) is 1.46. The Hall–Kier alpha value is -3.15. The largest absolute Gasteiger partial charge is 0.497 e. The lowest BCUT2D eigenvalue weighted by atomic mass is 10.2. The molecule has 4 aromatic rings. The van der Waals surface area contributed by atoms with Gasteiger partial charge in [-0.3, -0.25) is 9.36 Å². The molecule has 0 aliphatic carbocycles. The van der Waals surface area contributed by atoms with Crippen molar-refractivity contribution in [2.45, 2.75) is 6.54 Å². The van der Waals surface area contributed by atoms with Gasteiger partial charge in [-0.25, -0.2) is 9.97 Å². The number of methoxy groups -OCH3 is 1. The van der Waals surface area contributed by atoms with Gasteiger partial charge in [-0.05, 0) is 24.3 Å². The quantitative estimate of drug-likeness (QED) is 0.630. The molecule has 2 heterocycles. The van der Waals surface area contributed by atoms with E-state index < -0.39 is 0 Å². The van der Waals surface area contributed by atoms with Gasteiger partial charge < -0.3 is 9.72 Å². The Morgan fingerprint density at radius 2 is 2.04 bits per heavy atom. The summed E-state index contributed by atoms with van der Waals surface area (Å²) in [6, 6.07) is 12.9. The molecule has 0 saturated carbocycles. The van der Waals surface area contributed by atoms with Crippen LogP contribution in [0.4, 0.5) is 0 Å². The van der Waals surface area contributed by atoms with Crippen LogP contribution in [0, 0.1) is 0 Å². The van der Waals surface area contributed by atoms with Crippen LogP contribution in [0.2, 0.25) is 0 Å². The van der Waals surface area contributed by atoms with Gasteiger partial charge in [0.05, 0.1) is 41.9 Å². The van der Waals surface area contributed by atoms with Gasteiger partial charge in [-0.1, -0.05) is 12.1 Å². The summed E-state index contributed by atoms with van der Waals surface area (Å²) in [5.41, 5.74) is 2.33. The minimum Gasteiger partial charge on any atom is -0.497 e. The van der Waals surface area contributed by atoms with Crippen LogP contribution in [0.1, 0.15) is 5.82 Å². The summed E-state index contributed by atoms with van der Waals surface area (Å²) in [6.45, 7) is 0.341. The van der Waals surface area contributed by atoms with Gasteiger partial charge in [-0.2, -0.15) is 0 Å². The van der Waals surface area contributed by atoms with E-state index in [0.29, 0.717) is 23.3 Å². The molecular formula is C17H14N4O2. The molecule has 0 amide bonds. The number of para-hydroxylation sites is 1. The first-order valence-corrected chi connectivity index (χ1v) is 7.21. The molecule has 4 rings (SSSR count). The second-order valence-electron chi connectivity index (χ2n) is 5.26. The molecule has 0 radical (unpaired) electrons. The minimum absolute atomic E-state index is 0.0753. The first-order valence-electron chi connectivity index (χ1n) is 7.21. The molecule has 2 aromatic carbocycles. The molecule has 6 heteroatoms. The number of nitrogens with zero attached hydrogens (tertiary/aromatic N) is 3. The SMILES string of the molecule is COc1ccc2nc(Cn3cnc4ccccc4c3=O)[nH]c2c1. The molecule has 114 valence electrons. The van der Waals surface area contributed by atoms with E-state index in [1.54, 1.807) is 24.1 Å². The van der Waals surface area contributed by atoms with Crippen molar-refractivity contribution >= 4 is 21.9 Å². The summed E-state index contributed by atoms with van der Waals surface area (Å²) in [4.78, 5) is 24.6. The maximum Gasteiger partial charge on any atom is 0.261 e. The van der Waals surface area contributed by atoms with E-state index in [0.717, 1.165) is 16.8 Å². The first kappa shape index (κ1) is 13.5. The lowest BCUT2D eigenvalue weighted by Gasteiger charge is -2.04. The molecule has 1 N–H and O–H groups in total. The maximum atomic E-state index is 12.5. The fraction of sp³-hybridized carbons (Fsp3) is 0.118. The highest BCUT2D eigenvalue weighted by molar-refractivity contribution is 5.77. The standard InChI is InChI=1S/C17H14N4O2/c1-23-11-6-7-14-15(8-11)20-16(19-14)9-21-10-18-13-5-3-2-4-12(13)17(21)22/h2-8,10H,9H2,1H3,(H,19,20). The van der Waals surface area contributed by atoms with E-state index in [2.05, 4.69) is 15.0 Å². The predicted octanol–water partition coefficient (Wildman–Crippen LogP) is 2.33. The van der Waals surface area contributed by atoms with Crippen molar-refractivity contribution in [2.24, 2.45) is 0 Å². The average Bonchev–Trinajstić information content (AvgIpc) is 2.99. The molecule has 0 aliphatic heterocycles. The topological polar surface area (TPSA) is 72.8 Å². The van der Waals surface area contributed by atoms with E-state index in [-0.39, 0.29) is 5.56 Å². The fourth-order valence-corrected chi connectivity index (χ4v) is 2.62. The van der Waals surface area contributed by atoms with Crippen LogP contribution in [0.25, 0.3) is 21.9 Å². The summed E-state index contributed by atoms with van der Waals surface area (Å²) >= 11 is 0. The predicted molar refractivity (Wildman–Crippen MR) is 87.8 cm³/mol. The summed E-state index contributed by atoms with van der Waals surface area (Å²) < 4.78 is 6.76. The van der Waals surface area contributed by atoms with Gasteiger partial charge in [-0.15, -0.1) is 0 Å². The van der Waals surface area contributed by atoms with Crippen molar-refractivity contribution in [2.75, 3.05) is 7.11 Å². The van der Waals surface area contributed by atoms with Gasteiger partial charge in [0.2, 0.25) is 0 Å². The van der Waals surface area contributed by atoms with E-state index >= 15 is 0 Å². The van der Waals surface area contributed by atoms with Crippen LogP contribution in [0.15, 0.2) is 53.6 Å². The number of fused-ring (bicyclic) bond motifs is 2. The Kier molecular flexibility index (Phi) is 3.08. The molecule has 23 heavy (non-hydrogen) atoms. The van der Waals surface area contributed by atoms with Gasteiger partial charge in [0.25, 0.3) is 5.56 Å². The average molecular weight is 306 g/mol. The Morgan fingerprint density at radius 1 is 1.17 bits per heavy atom. The molecule has 6 nitrogen and oxygen atoms in total. The van der Waals surface area contributed by atoms with Gasteiger partial charge in [0.15, 0.2) is 0 Å².